The second kappa shape index (κ2) is 3.52. The highest BCUT2D eigenvalue weighted by Crippen LogP contribution is 2.26. The van der Waals surface area contributed by atoms with Gasteiger partial charge in [0.2, 0.25) is 0 Å². The first-order valence-corrected chi connectivity index (χ1v) is 4.18. The third-order valence-corrected chi connectivity index (χ3v) is 1.91. The average Bonchev–Trinajstić information content (AvgIpc) is 2.73. The van der Waals surface area contributed by atoms with Gasteiger partial charge < -0.3 is 14.6 Å². The van der Waals surface area contributed by atoms with Crippen LogP contribution in [0.3, 0.4) is 0 Å². The van der Waals surface area contributed by atoms with E-state index in [0.29, 0.717) is 19.4 Å². The summed E-state index contributed by atoms with van der Waals surface area (Å²) in [7, 11) is 0. The lowest BCUT2D eigenvalue weighted by Gasteiger charge is -2.25. The van der Waals surface area contributed by atoms with Crippen molar-refractivity contribution in [3.63, 3.8) is 0 Å². The van der Waals surface area contributed by atoms with Gasteiger partial charge in [0.25, 0.3) is 0 Å². The summed E-state index contributed by atoms with van der Waals surface area (Å²) in [6.45, 7) is 5.12. The fourth-order valence-corrected chi connectivity index (χ4v) is 1.12. The first kappa shape index (κ1) is 8.97. The van der Waals surface area contributed by atoms with Gasteiger partial charge in [0, 0.05) is 13.0 Å². The number of ether oxygens (including phenoxy) is 2. The number of hydrogen-bond donors (Lipinski definition) is 1. The molecule has 0 spiro atoms. The van der Waals surface area contributed by atoms with Crippen molar-refractivity contribution in [1.82, 2.24) is 0 Å². The molecule has 1 rings (SSSR count). The minimum absolute atomic E-state index is 0.228. The molecule has 2 unspecified atom stereocenters. The van der Waals surface area contributed by atoms with Gasteiger partial charge in [-0.1, -0.05) is 6.92 Å². The molecule has 66 valence electrons. The molecule has 1 fully saturated rings. The Morgan fingerprint density at radius 2 is 2.27 bits per heavy atom. The van der Waals surface area contributed by atoms with E-state index in [9.17, 15) is 5.11 Å². The highest BCUT2D eigenvalue weighted by molar-refractivity contribution is 4.78. The van der Waals surface area contributed by atoms with Gasteiger partial charge in [-0.15, -0.1) is 0 Å². The number of rotatable bonds is 5. The summed E-state index contributed by atoms with van der Waals surface area (Å²) in [4.78, 5) is 0. The molecule has 0 bridgehead atoms. The molecular weight excluding hydrogens is 144 g/mol. The van der Waals surface area contributed by atoms with Crippen LogP contribution in [0.15, 0.2) is 0 Å². The van der Waals surface area contributed by atoms with Crippen LogP contribution in [0.1, 0.15) is 26.7 Å². The highest BCUT2D eigenvalue weighted by Gasteiger charge is 2.35. The first-order chi connectivity index (χ1) is 5.20. The van der Waals surface area contributed by atoms with Gasteiger partial charge in [0.1, 0.15) is 0 Å². The molecule has 1 N–H and O–H groups in total. The average molecular weight is 160 g/mol. The second-order valence-electron chi connectivity index (χ2n) is 2.89. The number of aliphatic hydroxyl groups is 1. The summed E-state index contributed by atoms with van der Waals surface area (Å²) < 4.78 is 10.2. The molecule has 1 heterocycles. The van der Waals surface area contributed by atoms with Crippen molar-refractivity contribution in [2.45, 2.75) is 38.6 Å². The van der Waals surface area contributed by atoms with Crippen LogP contribution in [0, 0.1) is 0 Å². The fourth-order valence-electron chi connectivity index (χ4n) is 1.12. The van der Waals surface area contributed by atoms with Crippen molar-refractivity contribution < 1.29 is 14.6 Å². The van der Waals surface area contributed by atoms with E-state index < -0.39 is 5.79 Å². The Morgan fingerprint density at radius 1 is 1.64 bits per heavy atom. The standard InChI is InChI=1S/C8H16O3/c1-3-8(9,11-4-2)5-7-6-10-7/h7,9H,3-6H2,1-2H3. The molecule has 0 saturated carbocycles. The Morgan fingerprint density at radius 3 is 2.64 bits per heavy atom. The summed E-state index contributed by atoms with van der Waals surface area (Å²) in [5, 5.41) is 9.73. The van der Waals surface area contributed by atoms with Gasteiger partial charge in [-0.3, -0.25) is 0 Å². The maximum atomic E-state index is 9.73. The van der Waals surface area contributed by atoms with E-state index in [-0.39, 0.29) is 6.10 Å². The van der Waals surface area contributed by atoms with Gasteiger partial charge in [0.05, 0.1) is 12.7 Å². The summed E-state index contributed by atoms with van der Waals surface area (Å²) in [5.74, 6) is -0.948. The van der Waals surface area contributed by atoms with Crippen LogP contribution in [0.4, 0.5) is 0 Å². The zero-order chi connectivity index (χ0) is 8.32. The van der Waals surface area contributed by atoms with Crippen LogP contribution >= 0.6 is 0 Å². The lowest BCUT2D eigenvalue weighted by atomic mass is 10.1. The molecule has 1 aliphatic rings. The van der Waals surface area contributed by atoms with Crippen molar-refractivity contribution in [2.75, 3.05) is 13.2 Å². The molecular formula is C8H16O3. The maximum Gasteiger partial charge on any atom is 0.167 e. The van der Waals surface area contributed by atoms with Crippen molar-refractivity contribution >= 4 is 0 Å². The molecule has 0 aliphatic carbocycles. The lowest BCUT2D eigenvalue weighted by molar-refractivity contribution is -0.208. The van der Waals surface area contributed by atoms with Crippen LogP contribution in [0.25, 0.3) is 0 Å². The SMILES string of the molecule is CCOC(O)(CC)CC1CO1. The highest BCUT2D eigenvalue weighted by atomic mass is 16.6. The van der Waals surface area contributed by atoms with Gasteiger partial charge in [-0.25, -0.2) is 0 Å². The van der Waals surface area contributed by atoms with Crippen LogP contribution < -0.4 is 0 Å². The molecule has 0 aromatic heterocycles. The Kier molecular flexibility index (Phi) is 2.87. The van der Waals surface area contributed by atoms with E-state index in [1.54, 1.807) is 0 Å². The van der Waals surface area contributed by atoms with E-state index in [1.165, 1.54) is 0 Å². The summed E-state index contributed by atoms with van der Waals surface area (Å²) >= 11 is 0. The molecule has 3 nitrogen and oxygen atoms in total. The minimum atomic E-state index is -0.948. The molecule has 0 aromatic rings. The topological polar surface area (TPSA) is 42.0 Å². The zero-order valence-corrected chi connectivity index (χ0v) is 7.17. The summed E-state index contributed by atoms with van der Waals surface area (Å²) in [6.07, 6.45) is 1.46. The second-order valence-corrected chi connectivity index (χ2v) is 2.89. The molecule has 1 saturated heterocycles. The molecule has 2 atom stereocenters. The summed E-state index contributed by atoms with van der Waals surface area (Å²) in [5.41, 5.74) is 0. The Labute approximate surface area is 67.3 Å². The van der Waals surface area contributed by atoms with Crippen LogP contribution in [-0.2, 0) is 9.47 Å². The largest absolute Gasteiger partial charge is 0.373 e. The third-order valence-electron chi connectivity index (χ3n) is 1.91. The maximum absolute atomic E-state index is 9.73. The minimum Gasteiger partial charge on any atom is -0.373 e. The Bertz CT molecular complexity index is 123. The van der Waals surface area contributed by atoms with E-state index in [2.05, 4.69) is 0 Å². The summed E-state index contributed by atoms with van der Waals surface area (Å²) in [6, 6.07) is 0. The normalized spacial score (nSPS) is 28.1. The van der Waals surface area contributed by atoms with E-state index in [0.717, 1.165) is 6.61 Å². The van der Waals surface area contributed by atoms with Crippen molar-refractivity contribution in [3.05, 3.63) is 0 Å². The quantitative estimate of drug-likeness (QED) is 0.480. The third kappa shape index (κ3) is 2.77. The molecule has 0 amide bonds. The lowest BCUT2D eigenvalue weighted by Crippen LogP contribution is -2.33. The Hall–Kier alpha value is -0.120. The van der Waals surface area contributed by atoms with Crippen molar-refractivity contribution in [3.8, 4) is 0 Å². The fraction of sp³-hybridized carbons (Fsp3) is 1.00. The van der Waals surface area contributed by atoms with Crippen LogP contribution in [0.5, 0.6) is 0 Å². The Balaban J connectivity index is 2.29. The predicted molar refractivity (Wildman–Crippen MR) is 41.2 cm³/mol. The van der Waals surface area contributed by atoms with Crippen LogP contribution in [0.2, 0.25) is 0 Å². The van der Waals surface area contributed by atoms with Crippen molar-refractivity contribution in [1.29, 1.82) is 0 Å². The van der Waals surface area contributed by atoms with Crippen LogP contribution in [-0.4, -0.2) is 30.2 Å². The van der Waals surface area contributed by atoms with Gasteiger partial charge in [-0.2, -0.15) is 0 Å². The molecule has 11 heavy (non-hydrogen) atoms. The molecule has 1 aliphatic heterocycles. The number of epoxide rings is 1. The smallest absolute Gasteiger partial charge is 0.167 e. The predicted octanol–water partition coefficient (Wildman–Crippen LogP) is 0.910. The van der Waals surface area contributed by atoms with Gasteiger partial charge in [0.15, 0.2) is 5.79 Å². The van der Waals surface area contributed by atoms with Gasteiger partial charge in [-0.05, 0) is 13.3 Å². The molecule has 3 heteroatoms. The first-order valence-electron chi connectivity index (χ1n) is 4.18. The zero-order valence-electron chi connectivity index (χ0n) is 7.17. The van der Waals surface area contributed by atoms with Gasteiger partial charge >= 0.3 is 0 Å². The monoisotopic (exact) mass is 160 g/mol. The van der Waals surface area contributed by atoms with E-state index in [1.807, 2.05) is 13.8 Å². The van der Waals surface area contributed by atoms with Crippen molar-refractivity contribution in [2.24, 2.45) is 0 Å². The van der Waals surface area contributed by atoms with E-state index in [4.69, 9.17) is 9.47 Å². The molecule has 0 radical (unpaired) electrons. The van der Waals surface area contributed by atoms with E-state index >= 15 is 0 Å². The number of hydrogen-bond acceptors (Lipinski definition) is 3. The molecule has 0 aromatic carbocycles.